The van der Waals surface area contributed by atoms with E-state index in [0.717, 1.165) is 5.57 Å². The minimum Gasteiger partial charge on any atom is -0.265 e. The van der Waals surface area contributed by atoms with Crippen LogP contribution in [0.25, 0.3) is 0 Å². The SMILES string of the molecule is CC(C)=C1N=c2cccnc2=NC1=O. The summed E-state index contributed by atoms with van der Waals surface area (Å²) in [6.07, 6.45) is 1.60. The van der Waals surface area contributed by atoms with Crippen LogP contribution in [0.2, 0.25) is 0 Å². The van der Waals surface area contributed by atoms with Crippen molar-refractivity contribution in [1.29, 1.82) is 0 Å². The van der Waals surface area contributed by atoms with Crippen molar-refractivity contribution in [2.45, 2.75) is 13.8 Å². The molecule has 1 amide bonds. The van der Waals surface area contributed by atoms with Gasteiger partial charge in [-0.3, -0.25) is 4.79 Å². The van der Waals surface area contributed by atoms with Crippen LogP contribution in [0.3, 0.4) is 0 Å². The Hall–Kier alpha value is -1.84. The number of hydrogen-bond acceptors (Lipinski definition) is 3. The van der Waals surface area contributed by atoms with Crippen LogP contribution in [0, 0.1) is 0 Å². The summed E-state index contributed by atoms with van der Waals surface area (Å²) in [6, 6.07) is 3.57. The van der Waals surface area contributed by atoms with Gasteiger partial charge in [0.2, 0.25) is 0 Å². The van der Waals surface area contributed by atoms with Crippen LogP contribution >= 0.6 is 0 Å². The maximum absolute atomic E-state index is 11.4. The van der Waals surface area contributed by atoms with E-state index in [2.05, 4.69) is 15.0 Å². The number of allylic oxidation sites excluding steroid dienone is 1. The third-order valence-corrected chi connectivity index (χ3v) is 1.88. The minimum atomic E-state index is -0.309. The standard InChI is InChI=1S/C10H9N3O/c1-6(2)8-10(14)13-9-7(12-8)4-3-5-11-9/h3-5H,1-2H3. The van der Waals surface area contributed by atoms with Crippen LogP contribution in [0.5, 0.6) is 0 Å². The maximum atomic E-state index is 11.4. The number of pyridine rings is 1. The second kappa shape index (κ2) is 3.14. The molecule has 1 aromatic rings. The second-order valence-electron chi connectivity index (χ2n) is 3.22. The van der Waals surface area contributed by atoms with Gasteiger partial charge in [-0.05, 0) is 31.6 Å². The van der Waals surface area contributed by atoms with Gasteiger partial charge < -0.3 is 0 Å². The number of nitrogens with zero attached hydrogens (tertiary/aromatic N) is 3. The Bertz CT molecular complexity index is 539. The fraction of sp³-hybridized carbons (Fsp3) is 0.200. The molecule has 0 unspecified atom stereocenters. The molecule has 2 rings (SSSR count). The average molecular weight is 187 g/mol. The van der Waals surface area contributed by atoms with Crippen molar-refractivity contribution in [2.24, 2.45) is 9.98 Å². The van der Waals surface area contributed by atoms with Gasteiger partial charge in [-0.25, -0.2) is 9.98 Å². The highest BCUT2D eigenvalue weighted by atomic mass is 16.1. The first-order valence-electron chi connectivity index (χ1n) is 4.29. The molecule has 0 saturated heterocycles. The highest BCUT2D eigenvalue weighted by Crippen LogP contribution is 2.06. The Morgan fingerprint density at radius 2 is 2.07 bits per heavy atom. The van der Waals surface area contributed by atoms with Crippen molar-refractivity contribution >= 4 is 5.91 Å². The lowest BCUT2D eigenvalue weighted by molar-refractivity contribution is -0.114. The van der Waals surface area contributed by atoms with E-state index >= 15 is 0 Å². The number of hydrogen-bond donors (Lipinski definition) is 0. The molecule has 4 nitrogen and oxygen atoms in total. The van der Waals surface area contributed by atoms with Gasteiger partial charge in [0.15, 0.2) is 5.49 Å². The first-order chi connectivity index (χ1) is 6.68. The van der Waals surface area contributed by atoms with Gasteiger partial charge in [0.1, 0.15) is 11.1 Å². The summed E-state index contributed by atoms with van der Waals surface area (Å²) >= 11 is 0. The maximum Gasteiger partial charge on any atom is 0.297 e. The van der Waals surface area contributed by atoms with E-state index in [0.29, 0.717) is 16.5 Å². The number of fused-ring (bicyclic) bond motifs is 1. The van der Waals surface area contributed by atoms with Gasteiger partial charge >= 0.3 is 0 Å². The predicted octanol–water partition coefficient (Wildman–Crippen LogP) is 0.155. The molecule has 4 heteroatoms. The lowest BCUT2D eigenvalue weighted by Crippen LogP contribution is -2.33. The van der Waals surface area contributed by atoms with Gasteiger partial charge in [-0.15, -0.1) is 0 Å². The van der Waals surface area contributed by atoms with Crippen LogP contribution in [-0.4, -0.2) is 10.9 Å². The van der Waals surface area contributed by atoms with Gasteiger partial charge in [0.05, 0.1) is 0 Å². The van der Waals surface area contributed by atoms with Crippen LogP contribution in [0.15, 0.2) is 39.6 Å². The quantitative estimate of drug-likeness (QED) is 0.543. The molecule has 0 atom stereocenters. The van der Waals surface area contributed by atoms with E-state index in [-0.39, 0.29) is 5.91 Å². The zero-order valence-electron chi connectivity index (χ0n) is 7.98. The van der Waals surface area contributed by atoms with E-state index < -0.39 is 0 Å². The van der Waals surface area contributed by atoms with Crippen molar-refractivity contribution in [2.75, 3.05) is 0 Å². The van der Waals surface area contributed by atoms with Crippen LogP contribution < -0.4 is 10.8 Å². The summed E-state index contributed by atoms with van der Waals surface area (Å²) in [7, 11) is 0. The Labute approximate surface area is 80.7 Å². The highest BCUT2D eigenvalue weighted by molar-refractivity contribution is 5.94. The molecule has 0 fully saturated rings. The predicted molar refractivity (Wildman–Crippen MR) is 49.9 cm³/mol. The molecule has 0 radical (unpaired) electrons. The summed E-state index contributed by atoms with van der Waals surface area (Å²) in [5.41, 5.74) is 1.70. The lowest BCUT2D eigenvalue weighted by Gasteiger charge is -2.02. The Morgan fingerprint density at radius 3 is 2.79 bits per heavy atom. The Morgan fingerprint density at radius 1 is 1.29 bits per heavy atom. The van der Waals surface area contributed by atoms with E-state index in [9.17, 15) is 4.79 Å². The highest BCUT2D eigenvalue weighted by Gasteiger charge is 2.12. The molecule has 2 heterocycles. The smallest absolute Gasteiger partial charge is 0.265 e. The number of rotatable bonds is 0. The van der Waals surface area contributed by atoms with Crippen molar-refractivity contribution < 1.29 is 4.79 Å². The summed E-state index contributed by atoms with van der Waals surface area (Å²) in [5, 5.41) is 0.656. The van der Waals surface area contributed by atoms with Crippen LogP contribution in [0.4, 0.5) is 0 Å². The third-order valence-electron chi connectivity index (χ3n) is 1.88. The fourth-order valence-electron chi connectivity index (χ4n) is 1.20. The normalized spacial score (nSPS) is 14.1. The van der Waals surface area contributed by atoms with Crippen molar-refractivity contribution in [3.8, 4) is 0 Å². The molecule has 0 N–H and O–H groups in total. The van der Waals surface area contributed by atoms with Gasteiger partial charge in [0, 0.05) is 6.20 Å². The zero-order valence-corrected chi connectivity index (χ0v) is 7.98. The summed E-state index contributed by atoms with van der Waals surface area (Å²) in [4.78, 5) is 23.4. The monoisotopic (exact) mass is 187 g/mol. The summed E-state index contributed by atoms with van der Waals surface area (Å²) in [5.74, 6) is -0.309. The Kier molecular flexibility index (Phi) is 1.96. The molecule has 1 aromatic heterocycles. The van der Waals surface area contributed by atoms with Gasteiger partial charge in [-0.2, -0.15) is 4.99 Å². The summed E-state index contributed by atoms with van der Waals surface area (Å²) in [6.45, 7) is 3.68. The van der Waals surface area contributed by atoms with Gasteiger partial charge in [0.25, 0.3) is 5.91 Å². The first-order valence-corrected chi connectivity index (χ1v) is 4.29. The van der Waals surface area contributed by atoms with E-state index in [1.54, 1.807) is 18.3 Å². The topological polar surface area (TPSA) is 54.7 Å². The Balaban J connectivity index is 2.80. The lowest BCUT2D eigenvalue weighted by atomic mass is 10.2. The van der Waals surface area contributed by atoms with E-state index in [4.69, 9.17) is 0 Å². The number of carbonyl (C=O) groups excluding carboxylic acids is 1. The zero-order chi connectivity index (χ0) is 10.1. The molecule has 0 spiro atoms. The first kappa shape index (κ1) is 8.74. The number of carbonyl (C=O) groups is 1. The van der Waals surface area contributed by atoms with E-state index in [1.165, 1.54) is 0 Å². The van der Waals surface area contributed by atoms with Crippen molar-refractivity contribution in [3.63, 3.8) is 0 Å². The molecule has 0 bridgehead atoms. The molecule has 70 valence electrons. The molecule has 1 aliphatic rings. The third kappa shape index (κ3) is 1.35. The molecule has 14 heavy (non-hydrogen) atoms. The van der Waals surface area contributed by atoms with Crippen LogP contribution in [-0.2, 0) is 4.79 Å². The summed E-state index contributed by atoms with van der Waals surface area (Å²) < 4.78 is 0. The average Bonchev–Trinajstić information content (AvgIpc) is 2.16. The van der Waals surface area contributed by atoms with Crippen molar-refractivity contribution in [1.82, 2.24) is 4.98 Å². The molecule has 0 saturated carbocycles. The van der Waals surface area contributed by atoms with Gasteiger partial charge in [-0.1, -0.05) is 0 Å². The van der Waals surface area contributed by atoms with Crippen LogP contribution in [0.1, 0.15) is 13.8 Å². The molecule has 1 aliphatic heterocycles. The molecule has 0 aromatic carbocycles. The number of aromatic nitrogens is 1. The molecular formula is C10H9N3O. The van der Waals surface area contributed by atoms with E-state index in [1.807, 2.05) is 13.8 Å². The minimum absolute atomic E-state index is 0.309. The van der Waals surface area contributed by atoms with Crippen molar-refractivity contribution in [3.05, 3.63) is 40.4 Å². The molecule has 0 aliphatic carbocycles. The second-order valence-corrected chi connectivity index (χ2v) is 3.22. The fourth-order valence-corrected chi connectivity index (χ4v) is 1.20. The molecular weight excluding hydrogens is 178 g/mol. The largest absolute Gasteiger partial charge is 0.297 e. The number of amides is 1.